The Kier molecular flexibility index (Phi) is 131. The van der Waals surface area contributed by atoms with Crippen molar-refractivity contribution in [3.05, 3.63) is 0 Å². The molecule has 0 nitrogen and oxygen atoms in total. The van der Waals surface area contributed by atoms with E-state index in [9.17, 15) is 0 Å². The van der Waals surface area contributed by atoms with Crippen LogP contribution in [0.4, 0.5) is 0 Å². The second kappa shape index (κ2) is 17.4. The summed E-state index contributed by atoms with van der Waals surface area (Å²) in [5, 5.41) is 0. The maximum atomic E-state index is 0. The molecule has 0 aliphatic heterocycles. The van der Waals surface area contributed by atoms with Crippen molar-refractivity contribution in [2.24, 2.45) is 0 Å². The smallest absolute Gasteiger partial charge is 1.00 e. The average Bonchev–Trinajstić information content (AvgIpc) is 0. The molecule has 4 heteroatoms. The first kappa shape index (κ1) is 30.1. The van der Waals surface area contributed by atoms with Gasteiger partial charge >= 0.3 is 23.1 Å². The molecular weight excluding hydrogens is 314 g/mol. The van der Waals surface area contributed by atoms with E-state index < -0.39 is 0 Å². The van der Waals surface area contributed by atoms with E-state index in [4.69, 9.17) is 0 Å². The van der Waals surface area contributed by atoms with E-state index >= 15 is 0 Å². The van der Waals surface area contributed by atoms with Gasteiger partial charge in [-0.1, -0.05) is 0 Å². The molecule has 0 aromatic rings. The van der Waals surface area contributed by atoms with Crippen molar-refractivity contribution in [3.63, 3.8) is 0 Å². The van der Waals surface area contributed by atoms with E-state index in [0.29, 0.717) is 0 Å². The van der Waals surface area contributed by atoms with Crippen molar-refractivity contribution in [2.75, 3.05) is 0 Å². The van der Waals surface area contributed by atoms with Crippen LogP contribution in [0.15, 0.2) is 0 Å². The van der Waals surface area contributed by atoms with E-state index in [1.807, 2.05) is 0 Å². The quantitative estimate of drug-likeness (QED) is 0.485. The van der Waals surface area contributed by atoms with Gasteiger partial charge in [0.25, 0.3) is 0 Å². The van der Waals surface area contributed by atoms with E-state index in [1.54, 1.807) is 0 Å². The normalized spacial score (nSPS) is 0. The third kappa shape index (κ3) is 8.82. The summed E-state index contributed by atoms with van der Waals surface area (Å²) >= 11 is 0. The van der Waals surface area contributed by atoms with Gasteiger partial charge in [-0.15, -0.1) is 0 Å². The van der Waals surface area contributed by atoms with Crippen LogP contribution in [0.2, 0.25) is 0 Å². The Labute approximate surface area is 84.0 Å². The van der Waals surface area contributed by atoms with Crippen LogP contribution >= 0.6 is 0 Å². The molecule has 0 heterocycles. The van der Waals surface area contributed by atoms with Crippen molar-refractivity contribution in [1.82, 2.24) is 0 Å². The second-order valence-corrected chi connectivity index (χ2v) is 0. The molecule has 0 rings (SSSR count). The van der Waals surface area contributed by atoms with Gasteiger partial charge in [-0.25, -0.2) is 0 Å². The van der Waals surface area contributed by atoms with Gasteiger partial charge in [-0.2, -0.15) is 0 Å². The summed E-state index contributed by atoms with van der Waals surface area (Å²) in [6.45, 7) is 0. The monoisotopic (exact) mass is 317 g/mol. The number of hydrogen-bond donors (Lipinski definition) is 0. The van der Waals surface area contributed by atoms with Gasteiger partial charge in [0.2, 0.25) is 0 Å². The summed E-state index contributed by atoms with van der Waals surface area (Å²) in [7, 11) is 0. The predicted molar refractivity (Wildman–Crippen MR) is 17.9 cm³/mol. The van der Waals surface area contributed by atoms with Crippen LogP contribution in [-0.4, -0.2) is 40.4 Å². The molecule has 0 aliphatic carbocycles. The molecule has 0 fully saturated rings. The van der Waals surface area contributed by atoms with Crippen LogP contribution in [0.3, 0.4) is 0 Å². The fourth-order valence-corrected chi connectivity index (χ4v) is 0. The van der Waals surface area contributed by atoms with Gasteiger partial charge in [0.1, 0.15) is 0 Å². The summed E-state index contributed by atoms with van der Waals surface area (Å²) in [4.78, 5) is 0. The fourth-order valence-electron chi connectivity index (χ4n) is 0. The molecule has 0 aromatic heterocycles. The van der Waals surface area contributed by atoms with E-state index in [0.717, 1.165) is 0 Å². The van der Waals surface area contributed by atoms with Crippen molar-refractivity contribution >= 4 is 40.4 Å². The van der Waals surface area contributed by atoms with Gasteiger partial charge < -0.3 is 2.85 Å². The fraction of sp³-hybridized carbons (Fsp3) is 0. The third-order valence-electron chi connectivity index (χ3n) is 0. The van der Waals surface area contributed by atoms with Crippen LogP contribution in [-0.2, 0) is 41.9 Å². The minimum atomic E-state index is 0. The van der Waals surface area contributed by atoms with Gasteiger partial charge in [0.05, 0.1) is 0 Å². The Hall–Kier alpha value is 2.66. The third-order valence-corrected chi connectivity index (χ3v) is 0. The molecule has 0 unspecified atom stereocenters. The SMILES string of the molecule is [AlH3].[Au].[H-].[H-].[Mg+2].[Zn]. The first-order valence-corrected chi connectivity index (χ1v) is 0. The van der Waals surface area contributed by atoms with Crippen molar-refractivity contribution in [2.45, 2.75) is 0 Å². The Morgan fingerprint density at radius 2 is 1.25 bits per heavy atom. The largest absolute Gasteiger partial charge is 2.00 e. The summed E-state index contributed by atoms with van der Waals surface area (Å²) in [6.07, 6.45) is 0. The summed E-state index contributed by atoms with van der Waals surface area (Å²) < 4.78 is 0. The summed E-state index contributed by atoms with van der Waals surface area (Å²) in [6, 6.07) is 0. The first-order chi connectivity index (χ1) is 0. The zero-order valence-corrected chi connectivity index (χ0v) is 8.26. The Morgan fingerprint density at radius 3 is 1.25 bits per heavy atom. The van der Waals surface area contributed by atoms with E-state index in [-0.39, 0.29) is 85.1 Å². The van der Waals surface area contributed by atoms with Crippen LogP contribution < -0.4 is 0 Å². The average molecular weight is 319 g/mol. The molecule has 23 valence electrons. The maximum absolute atomic E-state index is 0. The Morgan fingerprint density at radius 1 is 1.25 bits per heavy atom. The van der Waals surface area contributed by atoms with Gasteiger partial charge in [0.15, 0.2) is 17.4 Å². The molecule has 0 aliphatic rings. The van der Waals surface area contributed by atoms with Gasteiger partial charge in [-0.3, -0.25) is 0 Å². The second-order valence-electron chi connectivity index (χ2n) is 0. The zero-order chi connectivity index (χ0) is 0. The van der Waals surface area contributed by atoms with Gasteiger partial charge in [-0.05, 0) is 0 Å². The Bertz CT molecular complexity index is 13.5. The van der Waals surface area contributed by atoms with E-state index in [1.165, 1.54) is 0 Å². The Balaban J connectivity index is 0. The van der Waals surface area contributed by atoms with Crippen LogP contribution in [0, 0.1) is 0 Å². The molecule has 0 atom stereocenters. The summed E-state index contributed by atoms with van der Waals surface area (Å²) in [5.41, 5.74) is 0. The number of hydrogen-bond acceptors (Lipinski definition) is 0. The first-order valence-electron chi connectivity index (χ1n) is 0. The molecule has 0 amide bonds. The van der Waals surface area contributed by atoms with Crippen molar-refractivity contribution in [1.29, 1.82) is 0 Å². The minimum absolute atomic E-state index is 0. The standard InChI is InChI=1S/Al.Au.Mg.Zn.5H/q;;+2;;;;;2*-1. The van der Waals surface area contributed by atoms with Crippen LogP contribution in [0.5, 0.6) is 0 Å². The molecule has 0 N–H and O–H groups in total. The molecule has 0 aromatic carbocycles. The molecule has 0 saturated carbocycles. The van der Waals surface area contributed by atoms with Crippen LogP contribution in [0.1, 0.15) is 2.85 Å². The molecule has 0 bridgehead atoms. The molecular formula is H5AlAuMgZn. The minimum Gasteiger partial charge on any atom is -1.00 e. The molecule has 0 saturated heterocycles. The predicted octanol–water partition coefficient (Wildman–Crippen LogP) is -1.34. The zero-order valence-electron chi connectivity index (χ0n) is 3.72. The molecule has 4 heavy (non-hydrogen) atoms. The summed E-state index contributed by atoms with van der Waals surface area (Å²) in [5.74, 6) is 0. The van der Waals surface area contributed by atoms with Crippen LogP contribution in [0.25, 0.3) is 0 Å². The molecule has 0 spiro atoms. The topological polar surface area (TPSA) is 0 Å². The maximum Gasteiger partial charge on any atom is 2.00 e. The van der Waals surface area contributed by atoms with E-state index in [2.05, 4.69) is 0 Å². The van der Waals surface area contributed by atoms with Gasteiger partial charge in [0, 0.05) is 41.9 Å². The number of rotatable bonds is 0. The van der Waals surface area contributed by atoms with Crippen molar-refractivity contribution in [3.8, 4) is 0 Å². The van der Waals surface area contributed by atoms with Crippen molar-refractivity contribution < 1.29 is 44.7 Å². The molecule has 1 radical (unpaired) electrons.